The van der Waals surface area contributed by atoms with Gasteiger partial charge in [0.05, 0.1) is 17.3 Å². The fourth-order valence-corrected chi connectivity index (χ4v) is 2.81. The molecule has 0 aliphatic carbocycles. The van der Waals surface area contributed by atoms with Crippen LogP contribution in [0.3, 0.4) is 0 Å². The molecule has 0 aliphatic rings. The van der Waals surface area contributed by atoms with E-state index in [0.29, 0.717) is 23.0 Å². The fourth-order valence-electron chi connectivity index (χ4n) is 2.29. The lowest BCUT2D eigenvalue weighted by Gasteiger charge is -2.14. The summed E-state index contributed by atoms with van der Waals surface area (Å²) in [6.45, 7) is 4.51. The van der Waals surface area contributed by atoms with E-state index in [1.165, 1.54) is 0 Å². The van der Waals surface area contributed by atoms with Crippen LogP contribution in [0.5, 0.6) is 0 Å². The second kappa shape index (κ2) is 8.33. The molecule has 0 fully saturated rings. The first-order chi connectivity index (χ1) is 11.8. The molecule has 1 heterocycles. The lowest BCUT2D eigenvalue weighted by molar-refractivity contribution is 0.0913. The molecule has 8 heteroatoms. The molecule has 1 aromatic carbocycles. The Balaban J connectivity index is 1.91. The minimum Gasteiger partial charge on any atom is -0.454 e. The number of aryl methyl sites for hydroxylation is 2. The third-order valence-corrected chi connectivity index (χ3v) is 3.82. The Morgan fingerprint density at radius 1 is 1.24 bits per heavy atom. The number of halogens is 1. The lowest BCUT2D eigenvalue weighted by atomic mass is 10.1. The number of thiocarbonyl (C=S) groups is 1. The van der Waals surface area contributed by atoms with Gasteiger partial charge in [0.2, 0.25) is 0 Å². The summed E-state index contributed by atoms with van der Waals surface area (Å²) in [5.74, 6) is 0.496. The Kier molecular flexibility index (Phi) is 6.41. The molecule has 0 atom stereocenters. The molecule has 0 spiro atoms. The third kappa shape index (κ3) is 5.45. The predicted molar refractivity (Wildman–Crippen MR) is 104 cm³/mol. The number of nitrogens with one attached hydrogen (secondary N) is 3. The van der Waals surface area contributed by atoms with E-state index in [1.807, 2.05) is 45.0 Å². The summed E-state index contributed by atoms with van der Waals surface area (Å²) < 4.78 is 5.48. The summed E-state index contributed by atoms with van der Waals surface area (Å²) in [5.41, 5.74) is 7.85. The Labute approximate surface area is 157 Å². The number of hydrogen-bond acceptors (Lipinski definition) is 4. The van der Waals surface area contributed by atoms with Crippen molar-refractivity contribution in [3.8, 4) is 0 Å². The van der Waals surface area contributed by atoms with Crippen LogP contribution >= 0.6 is 23.8 Å². The van der Waals surface area contributed by atoms with Gasteiger partial charge in [0, 0.05) is 0 Å². The number of rotatable bonds is 4. The number of hydrogen-bond donors (Lipinski definition) is 3. The van der Waals surface area contributed by atoms with E-state index in [-0.39, 0.29) is 10.9 Å². The zero-order chi connectivity index (χ0) is 18.6. The van der Waals surface area contributed by atoms with Gasteiger partial charge in [0.1, 0.15) is 5.76 Å². The van der Waals surface area contributed by atoms with E-state index in [9.17, 15) is 4.79 Å². The number of carbonyl (C=O) groups excluding carboxylic acids is 1. The molecule has 25 heavy (non-hydrogen) atoms. The van der Waals surface area contributed by atoms with Crippen molar-refractivity contribution < 1.29 is 9.21 Å². The average Bonchev–Trinajstić information content (AvgIpc) is 2.96. The van der Waals surface area contributed by atoms with Gasteiger partial charge in [-0.2, -0.15) is 0 Å². The monoisotopic (exact) mass is 380 g/mol. The normalized spacial score (nSPS) is 10.6. The largest absolute Gasteiger partial charge is 0.454 e. The van der Waals surface area contributed by atoms with Crippen LogP contribution in [0.2, 0.25) is 5.02 Å². The number of anilines is 1. The second-order valence-electron chi connectivity index (χ2n) is 5.98. The zero-order valence-electron chi connectivity index (χ0n) is 14.6. The van der Waals surface area contributed by atoms with Crippen LogP contribution in [0.1, 0.15) is 27.4 Å². The highest BCUT2D eigenvalue weighted by Gasteiger charge is 2.12. The van der Waals surface area contributed by atoms with Crippen LogP contribution in [0.15, 0.2) is 28.7 Å². The van der Waals surface area contributed by atoms with Gasteiger partial charge < -0.3 is 14.6 Å². The van der Waals surface area contributed by atoms with Crippen LogP contribution in [0.25, 0.3) is 0 Å². The number of furan rings is 1. The van der Waals surface area contributed by atoms with E-state index in [2.05, 4.69) is 16.2 Å². The number of amides is 1. The van der Waals surface area contributed by atoms with Gasteiger partial charge >= 0.3 is 5.91 Å². The molecule has 2 aromatic rings. The van der Waals surface area contributed by atoms with E-state index in [0.717, 1.165) is 11.1 Å². The Bertz CT molecular complexity index is 766. The number of carbonyl (C=O) groups is 1. The van der Waals surface area contributed by atoms with E-state index >= 15 is 0 Å². The smallest absolute Gasteiger partial charge is 0.305 e. The molecule has 0 unspecified atom stereocenters. The standard InChI is InChI=1S/C17H21ClN4O2S/c1-10-7-11(2)15(13(18)8-10)19-17(25)21-20-16(23)14-6-5-12(24-14)9-22(3)4/h5-8H,9H2,1-4H3,(H,20,23)(H2,19,21,25). The highest BCUT2D eigenvalue weighted by molar-refractivity contribution is 7.80. The van der Waals surface area contributed by atoms with Crippen LogP contribution in [0, 0.1) is 13.8 Å². The Morgan fingerprint density at radius 3 is 2.60 bits per heavy atom. The molecule has 0 saturated carbocycles. The summed E-state index contributed by atoms with van der Waals surface area (Å²) >= 11 is 11.4. The molecule has 2 rings (SSSR count). The quantitative estimate of drug-likeness (QED) is 0.558. The van der Waals surface area contributed by atoms with E-state index < -0.39 is 5.91 Å². The molecule has 134 valence electrons. The van der Waals surface area contributed by atoms with Crippen LogP contribution in [0.4, 0.5) is 5.69 Å². The van der Waals surface area contributed by atoms with E-state index in [4.69, 9.17) is 28.2 Å². The molecular weight excluding hydrogens is 360 g/mol. The summed E-state index contributed by atoms with van der Waals surface area (Å²) in [5, 5.41) is 3.77. The van der Waals surface area contributed by atoms with Gasteiger partial charge in [0.15, 0.2) is 10.9 Å². The maximum atomic E-state index is 12.1. The third-order valence-electron chi connectivity index (χ3n) is 3.32. The van der Waals surface area contributed by atoms with Crippen molar-refractivity contribution >= 4 is 40.5 Å². The predicted octanol–water partition coefficient (Wildman–Crippen LogP) is 3.24. The first-order valence-electron chi connectivity index (χ1n) is 7.64. The maximum absolute atomic E-state index is 12.1. The van der Waals surface area contributed by atoms with Crippen molar-refractivity contribution in [2.45, 2.75) is 20.4 Å². The SMILES string of the molecule is Cc1cc(C)c(NC(=S)NNC(=O)c2ccc(CN(C)C)o2)c(Cl)c1. The molecular formula is C17H21ClN4O2S. The number of hydrazine groups is 1. The number of nitrogens with zero attached hydrogens (tertiary/aromatic N) is 1. The second-order valence-corrected chi connectivity index (χ2v) is 6.79. The molecule has 1 amide bonds. The highest BCUT2D eigenvalue weighted by atomic mass is 35.5. The van der Waals surface area contributed by atoms with Crippen LogP contribution in [-0.2, 0) is 6.54 Å². The van der Waals surface area contributed by atoms with Crippen molar-refractivity contribution in [2.75, 3.05) is 19.4 Å². The Hall–Kier alpha value is -2.09. The van der Waals surface area contributed by atoms with Gasteiger partial charge in [-0.05, 0) is 69.5 Å². The van der Waals surface area contributed by atoms with Crippen molar-refractivity contribution in [1.82, 2.24) is 15.8 Å². The highest BCUT2D eigenvalue weighted by Crippen LogP contribution is 2.27. The minimum atomic E-state index is -0.416. The maximum Gasteiger partial charge on any atom is 0.305 e. The topological polar surface area (TPSA) is 69.5 Å². The van der Waals surface area contributed by atoms with Crippen molar-refractivity contribution in [1.29, 1.82) is 0 Å². The van der Waals surface area contributed by atoms with Crippen LogP contribution < -0.4 is 16.2 Å². The number of benzene rings is 1. The first-order valence-corrected chi connectivity index (χ1v) is 8.42. The van der Waals surface area contributed by atoms with Crippen molar-refractivity contribution in [2.24, 2.45) is 0 Å². The van der Waals surface area contributed by atoms with Gasteiger partial charge in [-0.3, -0.25) is 15.6 Å². The first kappa shape index (κ1) is 19.2. The van der Waals surface area contributed by atoms with Crippen molar-refractivity contribution in [3.63, 3.8) is 0 Å². The van der Waals surface area contributed by atoms with E-state index in [1.54, 1.807) is 12.1 Å². The molecule has 0 aliphatic heterocycles. The van der Waals surface area contributed by atoms with Gasteiger partial charge in [-0.1, -0.05) is 17.7 Å². The molecule has 3 N–H and O–H groups in total. The minimum absolute atomic E-state index is 0.205. The van der Waals surface area contributed by atoms with Gasteiger partial charge in [0.25, 0.3) is 0 Å². The fraction of sp³-hybridized carbons (Fsp3) is 0.294. The average molecular weight is 381 g/mol. The van der Waals surface area contributed by atoms with Gasteiger partial charge in [-0.15, -0.1) is 0 Å². The zero-order valence-corrected chi connectivity index (χ0v) is 16.1. The molecule has 0 radical (unpaired) electrons. The Morgan fingerprint density at radius 2 is 1.96 bits per heavy atom. The summed E-state index contributed by atoms with van der Waals surface area (Å²) in [6.07, 6.45) is 0. The molecule has 0 bridgehead atoms. The summed E-state index contributed by atoms with van der Waals surface area (Å²) in [4.78, 5) is 14.0. The van der Waals surface area contributed by atoms with Gasteiger partial charge in [-0.25, -0.2) is 0 Å². The summed E-state index contributed by atoms with van der Waals surface area (Å²) in [7, 11) is 3.85. The lowest BCUT2D eigenvalue weighted by Crippen LogP contribution is -2.43. The van der Waals surface area contributed by atoms with Crippen molar-refractivity contribution in [3.05, 3.63) is 51.9 Å². The molecule has 1 aromatic heterocycles. The molecule has 0 saturated heterocycles. The summed E-state index contributed by atoms with van der Waals surface area (Å²) in [6, 6.07) is 7.21. The molecule has 6 nitrogen and oxygen atoms in total. The van der Waals surface area contributed by atoms with Crippen LogP contribution in [-0.4, -0.2) is 30.0 Å².